The van der Waals surface area contributed by atoms with Gasteiger partial charge in [-0.25, -0.2) is 0 Å². The van der Waals surface area contributed by atoms with Crippen molar-refractivity contribution in [3.8, 4) is 0 Å². The lowest BCUT2D eigenvalue weighted by Crippen LogP contribution is -2.35. The molecule has 1 saturated heterocycles. The number of carbonyl (C=O) groups excluding carboxylic acids is 2. The third-order valence-corrected chi connectivity index (χ3v) is 4.39. The smallest absolute Gasteiger partial charge is 0.255 e. The van der Waals surface area contributed by atoms with E-state index < -0.39 is 0 Å². The number of rotatable bonds is 3. The fourth-order valence-corrected chi connectivity index (χ4v) is 3.12. The molecule has 0 radical (unpaired) electrons. The SMILES string of the molecule is Cc1cc(NC(=O)c2cccc(Cl)c2)ccc1N1CCCCC1=O. The molecule has 4 nitrogen and oxygen atoms in total. The number of hydrogen-bond donors (Lipinski definition) is 1. The summed E-state index contributed by atoms with van der Waals surface area (Å²) in [5.41, 5.74) is 3.09. The van der Waals surface area contributed by atoms with Gasteiger partial charge in [0.25, 0.3) is 5.91 Å². The Labute approximate surface area is 146 Å². The number of carbonyl (C=O) groups is 2. The first-order chi connectivity index (χ1) is 11.5. The fraction of sp³-hybridized carbons (Fsp3) is 0.263. The molecule has 2 amide bonds. The number of halogens is 1. The van der Waals surface area contributed by atoms with Crippen LogP contribution in [0.3, 0.4) is 0 Å². The first-order valence-electron chi connectivity index (χ1n) is 8.02. The quantitative estimate of drug-likeness (QED) is 0.897. The highest BCUT2D eigenvalue weighted by molar-refractivity contribution is 6.31. The maximum atomic E-state index is 12.3. The van der Waals surface area contributed by atoms with Crippen LogP contribution in [-0.4, -0.2) is 18.4 Å². The summed E-state index contributed by atoms with van der Waals surface area (Å²) in [5.74, 6) is -0.0428. The molecule has 0 aliphatic carbocycles. The second kappa shape index (κ2) is 7.05. The summed E-state index contributed by atoms with van der Waals surface area (Å²) >= 11 is 5.92. The van der Waals surface area contributed by atoms with Crippen molar-refractivity contribution < 1.29 is 9.59 Å². The van der Waals surface area contributed by atoms with E-state index in [0.717, 1.165) is 30.6 Å². The molecule has 1 aliphatic rings. The minimum absolute atomic E-state index is 0.167. The number of anilines is 2. The van der Waals surface area contributed by atoms with Gasteiger partial charge in [0.1, 0.15) is 0 Å². The summed E-state index contributed by atoms with van der Waals surface area (Å²) in [6, 6.07) is 12.4. The molecule has 1 heterocycles. The lowest BCUT2D eigenvalue weighted by Gasteiger charge is -2.28. The Morgan fingerprint density at radius 1 is 1.17 bits per heavy atom. The molecular formula is C19H19ClN2O2. The Morgan fingerprint density at radius 3 is 2.71 bits per heavy atom. The van der Waals surface area contributed by atoms with Gasteiger partial charge in [0.15, 0.2) is 0 Å². The highest BCUT2D eigenvalue weighted by Crippen LogP contribution is 2.27. The third-order valence-electron chi connectivity index (χ3n) is 4.16. The lowest BCUT2D eigenvalue weighted by atomic mass is 10.1. The molecule has 24 heavy (non-hydrogen) atoms. The van der Waals surface area contributed by atoms with Crippen molar-refractivity contribution >= 4 is 34.8 Å². The molecule has 3 rings (SSSR count). The highest BCUT2D eigenvalue weighted by atomic mass is 35.5. The van der Waals surface area contributed by atoms with Gasteiger partial charge in [-0.05, 0) is 61.7 Å². The van der Waals surface area contributed by atoms with Gasteiger partial charge in [-0.1, -0.05) is 17.7 Å². The predicted octanol–water partition coefficient (Wildman–Crippen LogP) is 4.42. The average Bonchev–Trinajstić information content (AvgIpc) is 2.56. The van der Waals surface area contributed by atoms with E-state index in [1.807, 2.05) is 30.0 Å². The first kappa shape index (κ1) is 16.5. The minimum Gasteiger partial charge on any atom is -0.322 e. The molecule has 1 aliphatic heterocycles. The van der Waals surface area contributed by atoms with Crippen LogP contribution in [0.4, 0.5) is 11.4 Å². The van der Waals surface area contributed by atoms with Crippen molar-refractivity contribution in [2.24, 2.45) is 0 Å². The van der Waals surface area contributed by atoms with Crippen molar-refractivity contribution in [3.05, 3.63) is 58.6 Å². The zero-order chi connectivity index (χ0) is 17.1. The van der Waals surface area contributed by atoms with Crippen molar-refractivity contribution in [3.63, 3.8) is 0 Å². The topological polar surface area (TPSA) is 49.4 Å². The van der Waals surface area contributed by atoms with E-state index >= 15 is 0 Å². The number of hydrogen-bond acceptors (Lipinski definition) is 2. The van der Waals surface area contributed by atoms with E-state index in [2.05, 4.69) is 5.32 Å². The molecule has 0 aromatic heterocycles. The summed E-state index contributed by atoms with van der Waals surface area (Å²) in [4.78, 5) is 26.2. The molecular weight excluding hydrogens is 324 g/mol. The second-order valence-corrected chi connectivity index (χ2v) is 6.40. The molecule has 0 bridgehead atoms. The Kier molecular flexibility index (Phi) is 4.86. The van der Waals surface area contributed by atoms with Gasteiger partial charge in [-0.3, -0.25) is 9.59 Å². The second-order valence-electron chi connectivity index (χ2n) is 5.97. The van der Waals surface area contributed by atoms with E-state index in [9.17, 15) is 9.59 Å². The molecule has 0 spiro atoms. The van der Waals surface area contributed by atoms with Gasteiger partial charge >= 0.3 is 0 Å². The van der Waals surface area contributed by atoms with Crippen LogP contribution >= 0.6 is 11.6 Å². The Bertz CT molecular complexity index is 789. The predicted molar refractivity (Wildman–Crippen MR) is 96.8 cm³/mol. The third kappa shape index (κ3) is 3.60. The van der Waals surface area contributed by atoms with Crippen LogP contribution in [-0.2, 0) is 4.79 Å². The molecule has 0 saturated carbocycles. The molecule has 2 aromatic rings. The molecule has 124 valence electrons. The normalized spacial score (nSPS) is 14.6. The average molecular weight is 343 g/mol. The number of piperidine rings is 1. The maximum Gasteiger partial charge on any atom is 0.255 e. The molecule has 1 fully saturated rings. The maximum absolute atomic E-state index is 12.3. The van der Waals surface area contributed by atoms with Crippen LogP contribution in [0.1, 0.15) is 35.2 Å². The number of aryl methyl sites for hydroxylation is 1. The van der Waals surface area contributed by atoms with Gasteiger partial charge in [-0.15, -0.1) is 0 Å². The molecule has 1 N–H and O–H groups in total. The van der Waals surface area contributed by atoms with Crippen molar-refractivity contribution in [2.45, 2.75) is 26.2 Å². The van der Waals surface area contributed by atoms with Gasteiger partial charge in [0.05, 0.1) is 0 Å². The number of nitrogens with one attached hydrogen (secondary N) is 1. The molecule has 0 unspecified atom stereocenters. The van der Waals surface area contributed by atoms with Crippen LogP contribution in [0.15, 0.2) is 42.5 Å². The highest BCUT2D eigenvalue weighted by Gasteiger charge is 2.21. The van der Waals surface area contributed by atoms with Crippen molar-refractivity contribution in [1.29, 1.82) is 0 Å². The molecule has 2 aromatic carbocycles. The van der Waals surface area contributed by atoms with E-state index in [1.165, 1.54) is 0 Å². The van der Waals surface area contributed by atoms with Crippen LogP contribution in [0.2, 0.25) is 5.02 Å². The van der Waals surface area contributed by atoms with E-state index in [1.54, 1.807) is 24.3 Å². The van der Waals surface area contributed by atoms with Crippen LogP contribution < -0.4 is 10.2 Å². The fourth-order valence-electron chi connectivity index (χ4n) is 2.93. The summed E-state index contributed by atoms with van der Waals surface area (Å²) in [6.07, 6.45) is 2.59. The monoisotopic (exact) mass is 342 g/mol. The summed E-state index contributed by atoms with van der Waals surface area (Å²) in [5, 5.41) is 3.39. The number of benzene rings is 2. The standard InChI is InChI=1S/C19H19ClN2O2/c1-13-11-16(21-19(24)14-5-4-6-15(20)12-14)8-9-17(13)22-10-3-2-7-18(22)23/h4-6,8-9,11-12H,2-3,7,10H2,1H3,(H,21,24). The Balaban J connectivity index is 1.77. The van der Waals surface area contributed by atoms with Crippen LogP contribution in [0, 0.1) is 6.92 Å². The Hall–Kier alpha value is -2.33. The van der Waals surface area contributed by atoms with Crippen molar-refractivity contribution in [2.75, 3.05) is 16.8 Å². The van der Waals surface area contributed by atoms with Crippen LogP contribution in [0.25, 0.3) is 0 Å². The zero-order valence-electron chi connectivity index (χ0n) is 13.5. The summed E-state index contributed by atoms with van der Waals surface area (Å²) in [7, 11) is 0. The molecule has 5 heteroatoms. The first-order valence-corrected chi connectivity index (χ1v) is 8.40. The summed E-state index contributed by atoms with van der Waals surface area (Å²) in [6.45, 7) is 2.71. The molecule has 0 atom stereocenters. The van der Waals surface area contributed by atoms with E-state index in [4.69, 9.17) is 11.6 Å². The zero-order valence-corrected chi connectivity index (χ0v) is 14.3. The Morgan fingerprint density at radius 2 is 2.00 bits per heavy atom. The van der Waals surface area contributed by atoms with Gasteiger partial charge in [0, 0.05) is 34.9 Å². The van der Waals surface area contributed by atoms with Crippen molar-refractivity contribution in [1.82, 2.24) is 0 Å². The van der Waals surface area contributed by atoms with Gasteiger partial charge < -0.3 is 10.2 Å². The number of amides is 2. The van der Waals surface area contributed by atoms with E-state index in [0.29, 0.717) is 22.7 Å². The lowest BCUT2D eigenvalue weighted by molar-refractivity contribution is -0.119. The number of nitrogens with zero attached hydrogens (tertiary/aromatic N) is 1. The van der Waals surface area contributed by atoms with Gasteiger partial charge in [0.2, 0.25) is 5.91 Å². The largest absolute Gasteiger partial charge is 0.322 e. The van der Waals surface area contributed by atoms with Crippen LogP contribution in [0.5, 0.6) is 0 Å². The summed E-state index contributed by atoms with van der Waals surface area (Å²) < 4.78 is 0. The van der Waals surface area contributed by atoms with Gasteiger partial charge in [-0.2, -0.15) is 0 Å². The minimum atomic E-state index is -0.210. The van der Waals surface area contributed by atoms with E-state index in [-0.39, 0.29) is 11.8 Å².